The van der Waals surface area contributed by atoms with E-state index in [-0.39, 0.29) is 0 Å². The van der Waals surface area contributed by atoms with Gasteiger partial charge in [-0.15, -0.1) is 0 Å². The summed E-state index contributed by atoms with van der Waals surface area (Å²) in [7, 11) is 12.8. The summed E-state index contributed by atoms with van der Waals surface area (Å²) in [6.07, 6.45) is 7.74. The van der Waals surface area contributed by atoms with Crippen LogP contribution in [0.3, 0.4) is 0 Å². The van der Waals surface area contributed by atoms with Crippen LogP contribution in [-0.4, -0.2) is 56.9 Å². The molecule has 0 unspecified atom stereocenters. The van der Waals surface area contributed by atoms with Crippen LogP contribution < -0.4 is 37.9 Å². The molecule has 39 heavy (non-hydrogen) atoms. The summed E-state index contributed by atoms with van der Waals surface area (Å²) in [4.78, 5) is 0. The van der Waals surface area contributed by atoms with Crippen molar-refractivity contribution in [3.05, 3.63) is 58.1 Å². The van der Waals surface area contributed by atoms with Gasteiger partial charge in [-0.2, -0.15) is 0 Å². The molecule has 0 bridgehead atoms. The second-order valence-electron chi connectivity index (χ2n) is 8.34. The number of hydrogen-bond donors (Lipinski definition) is 0. The predicted octanol–water partition coefficient (Wildman–Crippen LogP) is 6.40. The first kappa shape index (κ1) is 29.1. The molecule has 0 heterocycles. The molecule has 0 aromatic heterocycles. The average molecular weight is 537 g/mol. The fraction of sp³-hybridized carbons (Fsp3) is 0.290. The lowest BCUT2D eigenvalue weighted by molar-refractivity contribution is 0.324. The summed E-state index contributed by atoms with van der Waals surface area (Å²) >= 11 is 0. The number of methoxy groups -OCH3 is 8. The molecule has 0 aliphatic carbocycles. The van der Waals surface area contributed by atoms with Crippen molar-refractivity contribution in [2.45, 2.75) is 6.92 Å². The Hall–Kier alpha value is -4.46. The Morgan fingerprint density at radius 2 is 0.769 bits per heavy atom. The lowest BCUT2D eigenvalue weighted by Crippen LogP contribution is -1.99. The summed E-state index contributed by atoms with van der Waals surface area (Å²) in [6.45, 7) is 1.97. The molecule has 0 N–H and O–H groups in total. The molecule has 0 saturated heterocycles. The van der Waals surface area contributed by atoms with Crippen LogP contribution in [0, 0.1) is 6.92 Å². The van der Waals surface area contributed by atoms with Crippen LogP contribution >= 0.6 is 0 Å². The van der Waals surface area contributed by atoms with E-state index in [9.17, 15) is 0 Å². The van der Waals surface area contributed by atoms with Gasteiger partial charge in [0.25, 0.3) is 0 Å². The lowest BCUT2D eigenvalue weighted by Gasteiger charge is -2.17. The SMILES string of the molecule is COc1cc(OC)c(/C=C/c2cc(OC)c(OC)c(OC)c2)c(OC)c1/C=C/c1cc(C)c(OC)c(OC)c1. The fourth-order valence-electron chi connectivity index (χ4n) is 4.35. The summed E-state index contributed by atoms with van der Waals surface area (Å²) in [5.41, 5.74) is 4.21. The average Bonchev–Trinajstić information content (AvgIpc) is 2.97. The van der Waals surface area contributed by atoms with E-state index in [1.807, 2.05) is 61.6 Å². The van der Waals surface area contributed by atoms with Gasteiger partial charge in [-0.1, -0.05) is 12.2 Å². The van der Waals surface area contributed by atoms with E-state index in [1.165, 1.54) is 0 Å². The van der Waals surface area contributed by atoms with Gasteiger partial charge in [0.15, 0.2) is 23.0 Å². The molecule has 0 fully saturated rings. The van der Waals surface area contributed by atoms with E-state index in [0.717, 1.165) is 27.8 Å². The maximum atomic E-state index is 5.89. The molecule has 0 amide bonds. The van der Waals surface area contributed by atoms with Gasteiger partial charge in [0, 0.05) is 6.07 Å². The van der Waals surface area contributed by atoms with E-state index in [4.69, 9.17) is 37.9 Å². The first-order chi connectivity index (χ1) is 18.9. The van der Waals surface area contributed by atoms with E-state index in [1.54, 1.807) is 56.9 Å². The van der Waals surface area contributed by atoms with E-state index < -0.39 is 0 Å². The standard InChI is InChI=1S/C31H36O8/c1-19-14-20(15-26(34-4)29(19)37-7)10-12-22-24(32-2)18-25(33-3)23(30(22)38-8)13-11-21-16-27(35-5)31(39-9)28(17-21)36-6/h10-18H,1-9H3/b12-10+,13-11+. The quantitative estimate of drug-likeness (QED) is 0.246. The van der Waals surface area contributed by atoms with Crippen molar-refractivity contribution in [3.8, 4) is 46.0 Å². The van der Waals surface area contributed by atoms with Crippen LogP contribution in [0.25, 0.3) is 24.3 Å². The van der Waals surface area contributed by atoms with E-state index in [2.05, 4.69) is 0 Å². The van der Waals surface area contributed by atoms with E-state index in [0.29, 0.717) is 46.0 Å². The molecule has 0 aliphatic rings. The van der Waals surface area contributed by atoms with Crippen molar-refractivity contribution in [1.29, 1.82) is 0 Å². The highest BCUT2D eigenvalue weighted by Crippen LogP contribution is 2.43. The number of ether oxygens (including phenoxy) is 8. The molecule has 3 aromatic carbocycles. The van der Waals surface area contributed by atoms with Crippen molar-refractivity contribution in [3.63, 3.8) is 0 Å². The van der Waals surface area contributed by atoms with Crippen molar-refractivity contribution in [1.82, 2.24) is 0 Å². The third-order valence-corrected chi connectivity index (χ3v) is 6.19. The third-order valence-electron chi connectivity index (χ3n) is 6.19. The number of rotatable bonds is 12. The number of aryl methyl sites for hydroxylation is 1. The molecule has 3 rings (SSSR count). The summed E-state index contributed by atoms with van der Waals surface area (Å²) in [5, 5.41) is 0. The highest BCUT2D eigenvalue weighted by molar-refractivity contribution is 5.85. The summed E-state index contributed by atoms with van der Waals surface area (Å²) < 4.78 is 44.7. The van der Waals surface area contributed by atoms with Crippen molar-refractivity contribution < 1.29 is 37.9 Å². The number of hydrogen-bond acceptors (Lipinski definition) is 8. The zero-order valence-electron chi connectivity index (χ0n) is 24.0. The summed E-state index contributed by atoms with van der Waals surface area (Å²) in [6, 6.07) is 9.49. The molecule has 0 radical (unpaired) electrons. The smallest absolute Gasteiger partial charge is 0.203 e. The largest absolute Gasteiger partial charge is 0.496 e. The van der Waals surface area contributed by atoms with Crippen LogP contribution in [0.5, 0.6) is 46.0 Å². The Balaban J connectivity index is 2.14. The first-order valence-electron chi connectivity index (χ1n) is 12.1. The second-order valence-corrected chi connectivity index (χ2v) is 8.34. The monoisotopic (exact) mass is 536 g/mol. The first-order valence-corrected chi connectivity index (χ1v) is 12.1. The Kier molecular flexibility index (Phi) is 9.98. The van der Waals surface area contributed by atoms with Crippen molar-refractivity contribution in [2.24, 2.45) is 0 Å². The predicted molar refractivity (Wildman–Crippen MR) is 154 cm³/mol. The van der Waals surface area contributed by atoms with Gasteiger partial charge in [-0.25, -0.2) is 0 Å². The van der Waals surface area contributed by atoms with Crippen molar-refractivity contribution >= 4 is 24.3 Å². The van der Waals surface area contributed by atoms with Crippen LogP contribution in [0.15, 0.2) is 30.3 Å². The molecule has 8 heteroatoms. The Bertz CT molecular complexity index is 1330. The van der Waals surface area contributed by atoms with Crippen LogP contribution in [0.4, 0.5) is 0 Å². The van der Waals surface area contributed by atoms with Crippen LogP contribution in [0.1, 0.15) is 27.8 Å². The number of benzene rings is 3. The molecule has 0 aliphatic heterocycles. The zero-order valence-corrected chi connectivity index (χ0v) is 24.0. The molecule has 0 saturated carbocycles. The minimum Gasteiger partial charge on any atom is -0.496 e. The van der Waals surface area contributed by atoms with Crippen LogP contribution in [-0.2, 0) is 0 Å². The van der Waals surface area contributed by atoms with Gasteiger partial charge in [0.1, 0.15) is 17.2 Å². The maximum Gasteiger partial charge on any atom is 0.203 e. The van der Waals surface area contributed by atoms with Gasteiger partial charge < -0.3 is 37.9 Å². The molecule has 3 aromatic rings. The van der Waals surface area contributed by atoms with Gasteiger partial charge in [0.2, 0.25) is 5.75 Å². The van der Waals surface area contributed by atoms with Crippen molar-refractivity contribution in [2.75, 3.05) is 56.9 Å². The fourth-order valence-corrected chi connectivity index (χ4v) is 4.35. The molecular formula is C31H36O8. The Morgan fingerprint density at radius 3 is 1.15 bits per heavy atom. The summed E-state index contributed by atoms with van der Waals surface area (Å²) in [5.74, 6) is 4.76. The highest BCUT2D eigenvalue weighted by atomic mass is 16.5. The van der Waals surface area contributed by atoms with Gasteiger partial charge >= 0.3 is 0 Å². The third kappa shape index (κ3) is 6.17. The zero-order chi connectivity index (χ0) is 28.5. The van der Waals surface area contributed by atoms with Gasteiger partial charge in [-0.05, 0) is 60.0 Å². The molecular weight excluding hydrogens is 500 g/mol. The topological polar surface area (TPSA) is 73.8 Å². The minimum atomic E-state index is 0.523. The van der Waals surface area contributed by atoms with E-state index >= 15 is 0 Å². The molecule has 8 nitrogen and oxygen atoms in total. The minimum absolute atomic E-state index is 0.523. The normalized spacial score (nSPS) is 11.0. The van der Waals surface area contributed by atoms with Gasteiger partial charge in [0.05, 0.1) is 68.0 Å². The maximum absolute atomic E-state index is 5.89. The lowest BCUT2D eigenvalue weighted by atomic mass is 10.0. The Morgan fingerprint density at radius 1 is 0.385 bits per heavy atom. The van der Waals surface area contributed by atoms with Gasteiger partial charge in [-0.3, -0.25) is 0 Å². The highest BCUT2D eigenvalue weighted by Gasteiger charge is 2.18. The molecule has 0 spiro atoms. The molecule has 0 atom stereocenters. The molecule has 208 valence electrons. The van der Waals surface area contributed by atoms with Crippen LogP contribution in [0.2, 0.25) is 0 Å². The second kappa shape index (κ2) is 13.4. The Labute approximate surface area is 230 Å².